The fourth-order valence-electron chi connectivity index (χ4n) is 2.64. The predicted molar refractivity (Wildman–Crippen MR) is 112 cm³/mol. The summed E-state index contributed by atoms with van der Waals surface area (Å²) in [4.78, 5) is 32.2. The standard InChI is InChI=1S/C20H20N2O5S2/c1-9(2)8-27-14-6-5-12(17-21-10(3)16(29-17)20(25)26)7-13(14)18-22-15(19(23)24)11(4)28-18/h5-7,9H,8H2,1-4H3,(H,23,24)(H,25,26). The van der Waals surface area contributed by atoms with Gasteiger partial charge in [-0.1, -0.05) is 13.8 Å². The first-order valence-electron chi connectivity index (χ1n) is 8.86. The van der Waals surface area contributed by atoms with Crippen molar-refractivity contribution < 1.29 is 24.5 Å². The zero-order chi connectivity index (χ0) is 21.3. The van der Waals surface area contributed by atoms with Gasteiger partial charge in [-0.3, -0.25) is 0 Å². The second-order valence-corrected chi connectivity index (χ2v) is 9.09. The number of benzene rings is 1. The summed E-state index contributed by atoms with van der Waals surface area (Å²) >= 11 is 2.38. The van der Waals surface area contributed by atoms with Crippen molar-refractivity contribution in [3.05, 3.63) is 39.3 Å². The molecule has 0 amide bonds. The number of aryl methyl sites for hydroxylation is 2. The number of hydrogen-bond acceptors (Lipinski definition) is 7. The fourth-order valence-corrected chi connectivity index (χ4v) is 4.47. The van der Waals surface area contributed by atoms with Crippen LogP contribution in [-0.4, -0.2) is 38.7 Å². The van der Waals surface area contributed by atoms with Crippen molar-refractivity contribution in [2.75, 3.05) is 6.61 Å². The summed E-state index contributed by atoms with van der Waals surface area (Å²) in [5, 5.41) is 19.7. The first kappa shape index (κ1) is 20.9. The molecule has 3 aromatic rings. The van der Waals surface area contributed by atoms with Crippen molar-refractivity contribution in [2.24, 2.45) is 5.92 Å². The van der Waals surface area contributed by atoms with Crippen molar-refractivity contribution in [1.82, 2.24) is 9.97 Å². The third kappa shape index (κ3) is 4.46. The number of thiazole rings is 2. The first-order valence-corrected chi connectivity index (χ1v) is 10.5. The van der Waals surface area contributed by atoms with Crippen molar-refractivity contribution in [3.63, 3.8) is 0 Å². The lowest BCUT2D eigenvalue weighted by atomic mass is 10.1. The van der Waals surface area contributed by atoms with Gasteiger partial charge in [-0.15, -0.1) is 22.7 Å². The van der Waals surface area contributed by atoms with Gasteiger partial charge in [0, 0.05) is 10.4 Å². The minimum atomic E-state index is -1.08. The molecule has 9 heteroatoms. The maximum Gasteiger partial charge on any atom is 0.355 e. The number of carboxylic acid groups (broad SMARTS) is 2. The molecule has 0 aliphatic heterocycles. The van der Waals surface area contributed by atoms with Gasteiger partial charge in [0.25, 0.3) is 0 Å². The van der Waals surface area contributed by atoms with Crippen LogP contribution in [0.4, 0.5) is 0 Å². The molecule has 29 heavy (non-hydrogen) atoms. The molecule has 2 aromatic heterocycles. The van der Waals surface area contributed by atoms with Crippen LogP contribution in [0.25, 0.3) is 21.1 Å². The SMILES string of the molecule is Cc1nc(-c2ccc(OCC(C)C)c(-c3nc(C(=O)O)c(C)s3)c2)sc1C(=O)O. The van der Waals surface area contributed by atoms with Gasteiger partial charge in [-0.2, -0.15) is 0 Å². The van der Waals surface area contributed by atoms with Gasteiger partial charge in [0.05, 0.1) is 17.9 Å². The second kappa shape index (κ2) is 8.30. The topological polar surface area (TPSA) is 110 Å². The Morgan fingerprint density at radius 2 is 1.79 bits per heavy atom. The highest BCUT2D eigenvalue weighted by atomic mass is 32.1. The Bertz CT molecular complexity index is 1080. The number of carbonyl (C=O) groups is 2. The largest absolute Gasteiger partial charge is 0.493 e. The maximum atomic E-state index is 11.4. The second-order valence-electron chi connectivity index (χ2n) is 6.88. The molecular weight excluding hydrogens is 412 g/mol. The number of rotatable bonds is 7. The lowest BCUT2D eigenvalue weighted by molar-refractivity contribution is 0.0684. The normalized spacial score (nSPS) is 11.1. The van der Waals surface area contributed by atoms with E-state index in [4.69, 9.17) is 4.74 Å². The van der Waals surface area contributed by atoms with Crippen molar-refractivity contribution in [1.29, 1.82) is 0 Å². The Morgan fingerprint density at radius 3 is 2.34 bits per heavy atom. The van der Waals surface area contributed by atoms with E-state index in [9.17, 15) is 19.8 Å². The molecule has 0 saturated heterocycles. The average molecular weight is 433 g/mol. The van der Waals surface area contributed by atoms with Gasteiger partial charge in [0.2, 0.25) is 0 Å². The molecule has 3 rings (SSSR count). The van der Waals surface area contributed by atoms with E-state index >= 15 is 0 Å². The van der Waals surface area contributed by atoms with Crippen LogP contribution in [0.3, 0.4) is 0 Å². The summed E-state index contributed by atoms with van der Waals surface area (Å²) in [7, 11) is 0. The van der Waals surface area contributed by atoms with Crippen LogP contribution in [0.1, 0.15) is 44.6 Å². The number of ether oxygens (including phenoxy) is 1. The lowest BCUT2D eigenvalue weighted by Crippen LogP contribution is -2.05. The number of hydrogen-bond donors (Lipinski definition) is 2. The Hall–Kier alpha value is -2.78. The molecule has 7 nitrogen and oxygen atoms in total. The van der Waals surface area contributed by atoms with Gasteiger partial charge in [-0.05, 0) is 38.0 Å². The van der Waals surface area contributed by atoms with Crippen LogP contribution in [0.2, 0.25) is 0 Å². The van der Waals surface area contributed by atoms with Gasteiger partial charge in [-0.25, -0.2) is 19.6 Å². The molecule has 0 bridgehead atoms. The molecule has 2 N–H and O–H groups in total. The monoisotopic (exact) mass is 432 g/mol. The number of nitrogens with zero attached hydrogens (tertiary/aromatic N) is 2. The summed E-state index contributed by atoms with van der Waals surface area (Å²) in [5.41, 5.74) is 1.86. The lowest BCUT2D eigenvalue weighted by Gasteiger charge is -2.13. The molecule has 0 radical (unpaired) electrons. The quantitative estimate of drug-likeness (QED) is 0.542. The van der Waals surface area contributed by atoms with Crippen LogP contribution in [0.5, 0.6) is 5.75 Å². The minimum Gasteiger partial charge on any atom is -0.493 e. The Kier molecular flexibility index (Phi) is 5.99. The highest BCUT2D eigenvalue weighted by Crippen LogP contribution is 2.39. The molecule has 152 valence electrons. The minimum absolute atomic E-state index is 0.0171. The molecule has 0 aliphatic rings. The van der Waals surface area contributed by atoms with Gasteiger partial charge >= 0.3 is 11.9 Å². The van der Waals surface area contributed by atoms with Crippen LogP contribution < -0.4 is 4.74 Å². The molecule has 0 aliphatic carbocycles. The molecule has 0 atom stereocenters. The van der Waals surface area contributed by atoms with Crippen molar-refractivity contribution in [2.45, 2.75) is 27.7 Å². The molecule has 2 heterocycles. The van der Waals surface area contributed by atoms with E-state index in [2.05, 4.69) is 9.97 Å². The van der Waals surface area contributed by atoms with E-state index in [1.807, 2.05) is 26.0 Å². The van der Waals surface area contributed by atoms with Crippen LogP contribution in [0.15, 0.2) is 18.2 Å². The summed E-state index contributed by atoms with van der Waals surface area (Å²) < 4.78 is 5.93. The predicted octanol–water partition coefficient (Wildman–Crippen LogP) is 4.98. The van der Waals surface area contributed by atoms with Gasteiger partial charge in [0.15, 0.2) is 5.69 Å². The Morgan fingerprint density at radius 1 is 1.07 bits per heavy atom. The zero-order valence-electron chi connectivity index (χ0n) is 16.3. The molecule has 0 saturated carbocycles. The molecule has 0 unspecified atom stereocenters. The average Bonchev–Trinajstić information content (AvgIpc) is 3.23. The van der Waals surface area contributed by atoms with E-state index in [-0.39, 0.29) is 10.6 Å². The molecule has 0 fully saturated rings. The maximum absolute atomic E-state index is 11.4. The van der Waals surface area contributed by atoms with E-state index < -0.39 is 11.9 Å². The smallest absolute Gasteiger partial charge is 0.355 e. The first-order chi connectivity index (χ1) is 13.7. The van der Waals surface area contributed by atoms with Gasteiger partial charge < -0.3 is 14.9 Å². The third-order valence-corrected chi connectivity index (χ3v) is 6.22. The number of aromatic nitrogens is 2. The summed E-state index contributed by atoms with van der Waals surface area (Å²) in [6, 6.07) is 5.44. The molecule has 0 spiro atoms. The highest BCUT2D eigenvalue weighted by Gasteiger charge is 2.20. The van der Waals surface area contributed by atoms with E-state index in [1.54, 1.807) is 19.9 Å². The number of carboxylic acids is 2. The zero-order valence-corrected chi connectivity index (χ0v) is 18.0. The van der Waals surface area contributed by atoms with Crippen LogP contribution in [0, 0.1) is 19.8 Å². The van der Waals surface area contributed by atoms with Crippen LogP contribution >= 0.6 is 22.7 Å². The van der Waals surface area contributed by atoms with E-state index in [0.717, 1.165) is 16.9 Å². The highest BCUT2D eigenvalue weighted by molar-refractivity contribution is 7.17. The summed E-state index contributed by atoms with van der Waals surface area (Å²) in [5.74, 6) is -1.17. The third-order valence-electron chi connectivity index (χ3n) is 4.02. The van der Waals surface area contributed by atoms with Crippen molar-refractivity contribution in [3.8, 4) is 26.9 Å². The summed E-state index contributed by atoms with van der Waals surface area (Å²) in [6.07, 6.45) is 0. The van der Waals surface area contributed by atoms with E-state index in [1.165, 1.54) is 11.3 Å². The molecule has 1 aromatic carbocycles. The van der Waals surface area contributed by atoms with Crippen LogP contribution in [-0.2, 0) is 0 Å². The Labute approximate surface area is 175 Å². The number of aromatic carboxylic acids is 2. The Balaban J connectivity index is 2.11. The fraction of sp³-hybridized carbons (Fsp3) is 0.300. The van der Waals surface area contributed by atoms with E-state index in [0.29, 0.717) is 44.4 Å². The van der Waals surface area contributed by atoms with Crippen molar-refractivity contribution >= 4 is 34.6 Å². The molecular formula is C20H20N2O5S2. The van der Waals surface area contributed by atoms with Gasteiger partial charge in [0.1, 0.15) is 20.6 Å². The summed E-state index contributed by atoms with van der Waals surface area (Å²) in [6.45, 7) is 7.95.